The topological polar surface area (TPSA) is 9.23 Å². The number of benzene rings is 5. The van der Waals surface area contributed by atoms with Crippen molar-refractivity contribution in [3.63, 3.8) is 0 Å². The molecule has 0 aliphatic rings. The van der Waals surface area contributed by atoms with Gasteiger partial charge in [-0.1, -0.05) is 203 Å². The second-order valence-electron chi connectivity index (χ2n) is 11.7. The van der Waals surface area contributed by atoms with Crippen LogP contribution in [-0.4, -0.2) is 20.7 Å². The van der Waals surface area contributed by atoms with E-state index >= 15 is 0 Å². The number of rotatable bonds is 10. The molecular weight excluding hydrogens is 555 g/mol. The average Bonchev–Trinajstić information content (AvgIpc) is 3.06. The maximum atomic E-state index is 7.04. The molecule has 0 saturated carbocycles. The highest BCUT2D eigenvalue weighted by molar-refractivity contribution is 7.94. The summed E-state index contributed by atoms with van der Waals surface area (Å²) in [4.78, 5) is 0. The van der Waals surface area contributed by atoms with Crippen molar-refractivity contribution >= 4 is 47.3 Å². The molecule has 3 heteroatoms. The van der Waals surface area contributed by atoms with Gasteiger partial charge < -0.3 is 4.43 Å². The summed E-state index contributed by atoms with van der Waals surface area (Å²) in [5.41, 5.74) is 0. The Hall–Kier alpha value is -3.94. The lowest BCUT2D eigenvalue weighted by Gasteiger charge is -2.42. The highest BCUT2D eigenvalue weighted by Crippen LogP contribution is 2.43. The Morgan fingerprint density at radius 1 is 0.512 bits per heavy atom. The third-order valence-corrected chi connectivity index (χ3v) is 16.9. The van der Waals surface area contributed by atoms with Crippen molar-refractivity contribution in [1.82, 2.24) is 0 Å². The quantitative estimate of drug-likeness (QED) is 0.0923. The summed E-state index contributed by atoms with van der Waals surface area (Å²) in [5.74, 6) is 2.43. The van der Waals surface area contributed by atoms with E-state index in [9.17, 15) is 0 Å². The normalized spacial score (nSPS) is 12.5. The average molecular weight is 597 g/mol. The molecule has 1 nitrogen and oxygen atoms in total. The van der Waals surface area contributed by atoms with Crippen LogP contribution < -0.4 is 26.3 Å². The van der Waals surface area contributed by atoms with Crippen LogP contribution in [0.15, 0.2) is 176 Å². The van der Waals surface area contributed by atoms with Crippen molar-refractivity contribution in [2.75, 3.05) is 6.61 Å². The zero-order valence-corrected chi connectivity index (χ0v) is 27.3. The highest BCUT2D eigenvalue weighted by Gasteiger charge is 2.49. The van der Waals surface area contributed by atoms with Crippen LogP contribution >= 0.6 is 6.89 Å². The van der Waals surface area contributed by atoms with E-state index < -0.39 is 15.2 Å². The molecule has 0 fully saturated rings. The molecule has 0 unspecified atom stereocenters. The largest absolute Gasteiger partial charge is 0.404 e. The number of hydrogen-bond acceptors (Lipinski definition) is 1. The predicted molar refractivity (Wildman–Crippen MR) is 193 cm³/mol. The maximum Gasteiger partial charge on any atom is 0.261 e. The van der Waals surface area contributed by atoms with E-state index in [1.54, 1.807) is 0 Å². The van der Waals surface area contributed by atoms with Gasteiger partial charge in [-0.25, -0.2) is 0 Å². The minimum absolute atomic E-state index is 0.0434. The van der Waals surface area contributed by atoms with Gasteiger partial charge in [0.15, 0.2) is 0 Å². The van der Waals surface area contributed by atoms with Gasteiger partial charge in [-0.3, -0.25) is 0 Å². The molecule has 0 saturated heterocycles. The van der Waals surface area contributed by atoms with E-state index in [1.165, 1.54) is 26.3 Å². The summed E-state index contributed by atoms with van der Waals surface area (Å²) in [6.45, 7) is 5.49. The molecule has 0 spiro atoms. The third-order valence-electron chi connectivity index (χ3n) is 7.97. The van der Waals surface area contributed by atoms with Crippen LogP contribution in [0, 0.1) is 0 Å². The molecule has 0 radical (unpaired) electrons. The van der Waals surface area contributed by atoms with Crippen molar-refractivity contribution in [3.8, 4) is 0 Å². The minimum atomic E-state index is -2.56. The summed E-state index contributed by atoms with van der Waals surface area (Å²) in [6.07, 6.45) is 8.65. The van der Waals surface area contributed by atoms with Crippen molar-refractivity contribution in [1.29, 1.82) is 0 Å². The number of hydrogen-bond donors (Lipinski definition) is 0. The third kappa shape index (κ3) is 6.53. The molecule has 0 bridgehead atoms. The van der Waals surface area contributed by atoms with Crippen molar-refractivity contribution in [3.05, 3.63) is 176 Å². The molecule has 5 aromatic carbocycles. The number of allylic oxidation sites excluding steroid dienone is 3. The van der Waals surface area contributed by atoms with Crippen LogP contribution in [0.3, 0.4) is 0 Å². The van der Waals surface area contributed by atoms with Gasteiger partial charge >= 0.3 is 0 Å². The van der Waals surface area contributed by atoms with E-state index in [1.807, 2.05) is 0 Å². The Bertz CT molecular complexity index is 1530. The first-order valence-electron chi connectivity index (χ1n) is 15.0. The monoisotopic (exact) mass is 596 g/mol. The van der Waals surface area contributed by atoms with Crippen LogP contribution in [-0.2, 0) is 4.43 Å². The van der Waals surface area contributed by atoms with Gasteiger partial charge in [-0.2, -0.15) is 0 Å². The Labute approximate surface area is 259 Å². The fraction of sp³-hybridized carbons (Fsp3) is 0.125. The van der Waals surface area contributed by atoms with Gasteiger partial charge in [0.05, 0.1) is 6.61 Å². The second kappa shape index (κ2) is 14.0. The molecule has 0 amide bonds. The van der Waals surface area contributed by atoms with Gasteiger partial charge in [0.1, 0.15) is 0 Å². The van der Waals surface area contributed by atoms with Gasteiger partial charge in [-0.05, 0) is 38.2 Å². The van der Waals surface area contributed by atoms with Gasteiger partial charge in [0.2, 0.25) is 0 Å². The lowest BCUT2D eigenvalue weighted by Crippen LogP contribution is -2.66. The fourth-order valence-electron chi connectivity index (χ4n) is 6.01. The standard InChI is InChI=1S/C40H41OPSi/c1-40(2,3)43(38-29-17-9-18-30-38,39-31-19-10-20-32-39)41-33-21-4-5-22-34-42(35-23-11-6-12-24-35,36-25-13-7-14-26-36)37-27-15-8-16-28-37/h4-32,34H,33H2,1-3H3/b21-4+,22-5-. The second-order valence-corrected chi connectivity index (χ2v) is 19.3. The molecule has 0 aromatic heterocycles. The maximum absolute atomic E-state index is 7.04. The molecule has 5 rings (SSSR count). The van der Waals surface area contributed by atoms with Crippen molar-refractivity contribution < 1.29 is 4.43 Å². The molecular formula is C40H41OPSi. The summed E-state index contributed by atoms with van der Waals surface area (Å²) in [7, 11) is -2.56. The SMILES string of the molecule is CC(C)(C)[Si](OC/C=C/C=C\C=P(c1ccccc1)(c1ccccc1)c1ccccc1)(c1ccccc1)c1ccccc1. The van der Waals surface area contributed by atoms with Crippen LogP contribution in [0.5, 0.6) is 0 Å². The van der Waals surface area contributed by atoms with Crippen LogP contribution in [0.2, 0.25) is 5.04 Å². The molecule has 216 valence electrons. The molecule has 43 heavy (non-hydrogen) atoms. The van der Waals surface area contributed by atoms with E-state index in [0.717, 1.165) is 0 Å². The highest BCUT2D eigenvalue weighted by atomic mass is 31.2. The van der Waals surface area contributed by atoms with Crippen molar-refractivity contribution in [2.24, 2.45) is 0 Å². The molecule has 0 atom stereocenters. The fourth-order valence-corrected chi connectivity index (χ4v) is 14.2. The van der Waals surface area contributed by atoms with E-state index in [2.05, 4.69) is 203 Å². The lowest BCUT2D eigenvalue weighted by molar-refractivity contribution is 0.339. The van der Waals surface area contributed by atoms with E-state index in [0.29, 0.717) is 6.61 Å². The van der Waals surface area contributed by atoms with Crippen LogP contribution in [0.4, 0.5) is 0 Å². The molecule has 0 heterocycles. The Kier molecular flexibility index (Phi) is 9.95. The first-order chi connectivity index (χ1) is 21.0. The molecule has 0 aliphatic heterocycles. The Morgan fingerprint density at radius 2 is 0.884 bits per heavy atom. The Balaban J connectivity index is 1.48. The summed E-state index contributed by atoms with van der Waals surface area (Å²) in [5, 5.41) is 6.59. The summed E-state index contributed by atoms with van der Waals surface area (Å²) in [6, 6.07) is 54.4. The molecule has 0 N–H and O–H groups in total. The molecule has 5 aromatic rings. The van der Waals surface area contributed by atoms with Gasteiger partial charge in [0, 0.05) is 0 Å². The van der Waals surface area contributed by atoms with Crippen LogP contribution in [0.1, 0.15) is 20.8 Å². The van der Waals surface area contributed by atoms with E-state index in [-0.39, 0.29) is 5.04 Å². The van der Waals surface area contributed by atoms with Crippen molar-refractivity contribution in [2.45, 2.75) is 25.8 Å². The zero-order valence-electron chi connectivity index (χ0n) is 25.4. The summed E-state index contributed by atoms with van der Waals surface area (Å²) < 4.78 is 7.04. The first kappa shape index (κ1) is 30.5. The molecule has 0 aliphatic carbocycles. The summed E-state index contributed by atoms with van der Waals surface area (Å²) >= 11 is 0. The lowest BCUT2D eigenvalue weighted by atomic mass is 10.2. The zero-order chi connectivity index (χ0) is 30.0. The minimum Gasteiger partial charge on any atom is -0.404 e. The van der Waals surface area contributed by atoms with Crippen LogP contribution in [0.25, 0.3) is 0 Å². The Morgan fingerprint density at radius 3 is 1.26 bits per heavy atom. The predicted octanol–water partition coefficient (Wildman–Crippen LogP) is 7.47. The van der Waals surface area contributed by atoms with E-state index in [4.69, 9.17) is 4.43 Å². The van der Waals surface area contributed by atoms with Gasteiger partial charge in [0.25, 0.3) is 8.32 Å². The first-order valence-corrected chi connectivity index (χ1v) is 18.7. The van der Waals surface area contributed by atoms with Gasteiger partial charge in [-0.15, -0.1) is 0 Å². The smallest absolute Gasteiger partial charge is 0.261 e.